The number of rotatable bonds is 4. The molecule has 3 rings (SSSR count). The normalized spacial score (nSPS) is 23.8. The van der Waals surface area contributed by atoms with Crippen LogP contribution in [0.3, 0.4) is 0 Å². The van der Waals surface area contributed by atoms with Crippen molar-refractivity contribution >= 4 is 25.3 Å². The van der Waals surface area contributed by atoms with Gasteiger partial charge >= 0.3 is 0 Å². The molecule has 1 aromatic carbocycles. The fourth-order valence-electron chi connectivity index (χ4n) is 6.83. The number of hydrogen-bond donors (Lipinski definition) is 2. The van der Waals surface area contributed by atoms with Crippen molar-refractivity contribution in [2.75, 3.05) is 0 Å². The van der Waals surface area contributed by atoms with Gasteiger partial charge in [0.1, 0.15) is 0 Å². The molecule has 146 valence electrons. The molecule has 0 unspecified atom stereocenters. The molecule has 0 fully saturated rings. The maximum atomic E-state index is 5.27. The SMILES string of the molecule is CCC1(CC)CC(C)(C)c2c(S)c3c(c(S)c21)C(C)(C)CC3(CC)CC. The van der Waals surface area contributed by atoms with E-state index in [1.165, 1.54) is 70.6 Å². The second-order valence-corrected chi connectivity index (χ2v) is 11.2. The minimum Gasteiger partial charge on any atom is -0.143 e. The zero-order valence-corrected chi connectivity index (χ0v) is 19.9. The summed E-state index contributed by atoms with van der Waals surface area (Å²) in [4.78, 5) is 2.60. The molecule has 0 aromatic heterocycles. The molecule has 0 saturated heterocycles. The predicted octanol–water partition coefficient (Wildman–Crippen LogP) is 7.74. The molecular formula is C24H38S2. The molecule has 0 spiro atoms. The Morgan fingerprint density at radius 2 is 0.846 bits per heavy atom. The number of fused-ring (bicyclic) bond motifs is 2. The first-order valence-electron chi connectivity index (χ1n) is 10.6. The van der Waals surface area contributed by atoms with Crippen molar-refractivity contribution in [1.29, 1.82) is 0 Å². The van der Waals surface area contributed by atoms with E-state index in [0.717, 1.165) is 0 Å². The van der Waals surface area contributed by atoms with Gasteiger partial charge in [-0.25, -0.2) is 0 Å². The molecule has 2 aliphatic rings. The highest BCUT2D eigenvalue weighted by molar-refractivity contribution is 7.80. The van der Waals surface area contributed by atoms with E-state index in [0.29, 0.717) is 0 Å². The van der Waals surface area contributed by atoms with E-state index in [2.05, 4.69) is 55.4 Å². The van der Waals surface area contributed by atoms with Crippen LogP contribution in [-0.4, -0.2) is 0 Å². The molecule has 0 bridgehead atoms. The van der Waals surface area contributed by atoms with Crippen LogP contribution in [0.2, 0.25) is 0 Å². The molecule has 0 saturated carbocycles. The van der Waals surface area contributed by atoms with E-state index in [1.807, 2.05) is 0 Å². The second kappa shape index (κ2) is 6.21. The van der Waals surface area contributed by atoms with Crippen LogP contribution in [0, 0.1) is 0 Å². The van der Waals surface area contributed by atoms with Crippen LogP contribution in [0.25, 0.3) is 0 Å². The highest BCUT2D eigenvalue weighted by Crippen LogP contribution is 2.64. The van der Waals surface area contributed by atoms with E-state index in [4.69, 9.17) is 25.3 Å². The first-order valence-corrected chi connectivity index (χ1v) is 11.5. The fourth-order valence-corrected chi connectivity index (χ4v) is 8.35. The van der Waals surface area contributed by atoms with Gasteiger partial charge in [-0.15, -0.1) is 25.3 Å². The predicted molar refractivity (Wildman–Crippen MR) is 121 cm³/mol. The average molecular weight is 391 g/mol. The standard InChI is InChI=1S/C24H38S2/c1-9-23(10-2)13-21(5,6)15-17(23)19(25)16-18(20(15)26)24(11-3,12-4)14-22(16,7)8/h25-26H,9-14H2,1-8H3. The minimum absolute atomic E-state index is 0.172. The molecular weight excluding hydrogens is 352 g/mol. The van der Waals surface area contributed by atoms with Gasteiger partial charge in [-0.05, 0) is 82.4 Å². The van der Waals surface area contributed by atoms with Crippen molar-refractivity contribution < 1.29 is 0 Å². The molecule has 2 heteroatoms. The minimum atomic E-state index is 0.172. The van der Waals surface area contributed by atoms with Crippen LogP contribution in [0.15, 0.2) is 9.79 Å². The van der Waals surface area contributed by atoms with Crippen molar-refractivity contribution in [2.24, 2.45) is 0 Å². The van der Waals surface area contributed by atoms with E-state index < -0.39 is 0 Å². The van der Waals surface area contributed by atoms with E-state index in [9.17, 15) is 0 Å². The summed E-state index contributed by atoms with van der Waals surface area (Å²) in [6.45, 7) is 19.2. The summed E-state index contributed by atoms with van der Waals surface area (Å²) in [5, 5.41) is 0. The Hall–Kier alpha value is -0.0800. The third kappa shape index (κ3) is 2.43. The van der Waals surface area contributed by atoms with Gasteiger partial charge in [-0.3, -0.25) is 0 Å². The van der Waals surface area contributed by atoms with Crippen LogP contribution in [0.5, 0.6) is 0 Å². The molecule has 0 heterocycles. The Labute approximate surface area is 172 Å². The van der Waals surface area contributed by atoms with Crippen molar-refractivity contribution in [3.63, 3.8) is 0 Å². The lowest BCUT2D eigenvalue weighted by Crippen LogP contribution is -2.25. The van der Waals surface area contributed by atoms with Crippen LogP contribution in [0.4, 0.5) is 0 Å². The van der Waals surface area contributed by atoms with Crippen molar-refractivity contribution in [3.8, 4) is 0 Å². The third-order valence-corrected chi connectivity index (χ3v) is 9.02. The second-order valence-electron chi connectivity index (χ2n) is 10.3. The molecule has 1 aromatic rings. The number of thiol groups is 2. The maximum Gasteiger partial charge on any atom is 0.0122 e. The first-order chi connectivity index (χ1) is 12.0. The monoisotopic (exact) mass is 390 g/mol. The van der Waals surface area contributed by atoms with Gasteiger partial charge in [0, 0.05) is 9.79 Å². The van der Waals surface area contributed by atoms with Crippen molar-refractivity contribution in [2.45, 2.75) is 125 Å². The number of benzene rings is 1. The van der Waals surface area contributed by atoms with Gasteiger partial charge in [0.25, 0.3) is 0 Å². The Balaban J connectivity index is 2.49. The van der Waals surface area contributed by atoms with Gasteiger partial charge in [0.15, 0.2) is 0 Å². The summed E-state index contributed by atoms with van der Waals surface area (Å²) >= 11 is 10.5. The topological polar surface area (TPSA) is 0 Å². The summed E-state index contributed by atoms with van der Waals surface area (Å²) in [7, 11) is 0. The van der Waals surface area contributed by atoms with Crippen LogP contribution < -0.4 is 0 Å². The Morgan fingerprint density at radius 1 is 0.577 bits per heavy atom. The summed E-state index contributed by atoms with van der Waals surface area (Å²) in [5.41, 5.74) is 6.95. The van der Waals surface area contributed by atoms with Gasteiger partial charge in [-0.1, -0.05) is 55.4 Å². The molecule has 0 nitrogen and oxygen atoms in total. The van der Waals surface area contributed by atoms with Crippen LogP contribution in [-0.2, 0) is 21.7 Å². The van der Waals surface area contributed by atoms with Crippen molar-refractivity contribution in [1.82, 2.24) is 0 Å². The van der Waals surface area contributed by atoms with Gasteiger partial charge < -0.3 is 0 Å². The van der Waals surface area contributed by atoms with Gasteiger partial charge in [-0.2, -0.15) is 0 Å². The quantitative estimate of drug-likeness (QED) is 0.482. The highest BCUT2D eigenvalue weighted by Gasteiger charge is 2.54. The van der Waals surface area contributed by atoms with E-state index in [1.54, 1.807) is 0 Å². The molecule has 0 N–H and O–H groups in total. The average Bonchev–Trinajstić information content (AvgIpc) is 2.98. The fraction of sp³-hybridized carbons (Fsp3) is 0.750. The van der Waals surface area contributed by atoms with Gasteiger partial charge in [0.05, 0.1) is 0 Å². The smallest absolute Gasteiger partial charge is 0.0122 e. The Kier molecular flexibility index (Phi) is 4.93. The van der Waals surface area contributed by atoms with Gasteiger partial charge in [0.2, 0.25) is 0 Å². The summed E-state index contributed by atoms with van der Waals surface area (Å²) in [6.07, 6.45) is 7.19. The Bertz CT molecular complexity index is 668. The lowest BCUT2D eigenvalue weighted by Gasteiger charge is -2.33. The largest absolute Gasteiger partial charge is 0.143 e. The molecule has 26 heavy (non-hydrogen) atoms. The molecule has 0 radical (unpaired) electrons. The van der Waals surface area contributed by atoms with Crippen LogP contribution in [0.1, 0.15) is 116 Å². The maximum absolute atomic E-state index is 5.27. The Morgan fingerprint density at radius 3 is 1.08 bits per heavy atom. The number of hydrogen-bond acceptors (Lipinski definition) is 2. The summed E-state index contributed by atoms with van der Waals surface area (Å²) < 4.78 is 0. The molecule has 0 atom stereocenters. The highest BCUT2D eigenvalue weighted by atomic mass is 32.1. The molecule has 0 aliphatic heterocycles. The lowest BCUT2D eigenvalue weighted by molar-refractivity contribution is 0.317. The van der Waals surface area contributed by atoms with Crippen LogP contribution >= 0.6 is 25.3 Å². The lowest BCUT2D eigenvalue weighted by atomic mass is 9.73. The molecule has 0 amide bonds. The summed E-state index contributed by atoms with van der Waals surface area (Å²) in [5.74, 6) is 0. The third-order valence-electron chi connectivity index (χ3n) is 8.13. The summed E-state index contributed by atoms with van der Waals surface area (Å²) in [6, 6.07) is 0. The van der Waals surface area contributed by atoms with Crippen molar-refractivity contribution in [3.05, 3.63) is 22.3 Å². The first kappa shape index (κ1) is 20.6. The van der Waals surface area contributed by atoms with E-state index in [-0.39, 0.29) is 21.7 Å². The zero-order chi connectivity index (χ0) is 19.7. The van der Waals surface area contributed by atoms with E-state index >= 15 is 0 Å². The zero-order valence-electron chi connectivity index (χ0n) is 18.1. The molecule has 2 aliphatic carbocycles.